The quantitative estimate of drug-likeness (QED) is 0.754. The Bertz CT molecular complexity index is 513. The van der Waals surface area contributed by atoms with Crippen LogP contribution in [0.1, 0.15) is 19.1 Å². The first-order chi connectivity index (χ1) is 9.39. The first-order valence-corrected chi connectivity index (χ1v) is 8.44. The molecule has 1 fully saturated rings. The molecule has 0 amide bonds. The fourth-order valence-corrected chi connectivity index (χ4v) is 4.39. The molecule has 0 bridgehead atoms. The number of aliphatic hydroxyl groups excluding tert-OH is 1. The van der Waals surface area contributed by atoms with Crippen molar-refractivity contribution in [3.05, 3.63) is 24.2 Å². The fraction of sp³-hybridized carbons (Fsp3) is 0.692. The number of hydrogen-bond donors (Lipinski definition) is 2. The van der Waals surface area contributed by atoms with E-state index < -0.39 is 21.5 Å². The molecule has 7 heteroatoms. The van der Waals surface area contributed by atoms with Crippen LogP contribution in [0.4, 0.5) is 0 Å². The molecule has 1 aliphatic heterocycles. The van der Waals surface area contributed by atoms with Gasteiger partial charge in [0.15, 0.2) is 9.84 Å². The second kappa shape index (κ2) is 6.26. The van der Waals surface area contributed by atoms with E-state index in [2.05, 4.69) is 5.32 Å². The van der Waals surface area contributed by atoms with Crippen molar-refractivity contribution >= 4 is 9.84 Å². The minimum atomic E-state index is -2.94. The van der Waals surface area contributed by atoms with Crippen LogP contribution in [0.3, 0.4) is 0 Å². The van der Waals surface area contributed by atoms with Crippen LogP contribution in [0.25, 0.3) is 0 Å². The summed E-state index contributed by atoms with van der Waals surface area (Å²) >= 11 is 0. The summed E-state index contributed by atoms with van der Waals surface area (Å²) in [4.78, 5) is 0. The van der Waals surface area contributed by atoms with Gasteiger partial charge in [-0.3, -0.25) is 0 Å². The van der Waals surface area contributed by atoms with Gasteiger partial charge in [0.05, 0.1) is 30.5 Å². The van der Waals surface area contributed by atoms with E-state index in [4.69, 9.17) is 9.15 Å². The van der Waals surface area contributed by atoms with Gasteiger partial charge in [-0.05, 0) is 25.5 Å². The fourth-order valence-electron chi connectivity index (χ4n) is 2.26. The lowest BCUT2D eigenvalue weighted by Crippen LogP contribution is -2.47. The molecule has 0 radical (unpaired) electrons. The number of ether oxygens (including phenoxy) is 1. The number of aliphatic hydroxyl groups is 1. The van der Waals surface area contributed by atoms with Crippen molar-refractivity contribution in [2.45, 2.75) is 31.6 Å². The van der Waals surface area contributed by atoms with Crippen LogP contribution in [-0.2, 0) is 21.2 Å². The Hall–Kier alpha value is -0.890. The SMILES string of the molecule is CC1(NCC(O)COCc2ccco2)CCS(=O)(=O)C1. The maximum Gasteiger partial charge on any atom is 0.152 e. The van der Waals surface area contributed by atoms with Gasteiger partial charge in [-0.25, -0.2) is 8.42 Å². The topological polar surface area (TPSA) is 88.8 Å². The van der Waals surface area contributed by atoms with Crippen LogP contribution < -0.4 is 5.32 Å². The van der Waals surface area contributed by atoms with Gasteiger partial charge in [-0.15, -0.1) is 0 Å². The molecule has 1 aromatic rings. The zero-order valence-electron chi connectivity index (χ0n) is 11.5. The highest BCUT2D eigenvalue weighted by molar-refractivity contribution is 7.91. The standard InChI is InChI=1S/C13H21NO5S/c1-13(4-6-20(16,17)10-13)14-7-11(15)8-18-9-12-3-2-5-19-12/h2-3,5,11,14-15H,4,6-10H2,1H3. The molecule has 20 heavy (non-hydrogen) atoms. The maximum absolute atomic E-state index is 11.5. The third kappa shape index (κ3) is 4.59. The lowest BCUT2D eigenvalue weighted by Gasteiger charge is -2.25. The molecule has 1 aromatic heterocycles. The van der Waals surface area contributed by atoms with Crippen LogP contribution in [0, 0.1) is 0 Å². The van der Waals surface area contributed by atoms with E-state index in [0.29, 0.717) is 25.3 Å². The molecular formula is C13H21NO5S. The molecule has 114 valence electrons. The van der Waals surface area contributed by atoms with E-state index in [-0.39, 0.29) is 18.1 Å². The van der Waals surface area contributed by atoms with Crippen LogP contribution in [0.15, 0.2) is 22.8 Å². The monoisotopic (exact) mass is 303 g/mol. The van der Waals surface area contributed by atoms with E-state index in [0.717, 1.165) is 0 Å². The van der Waals surface area contributed by atoms with Gasteiger partial charge in [0.2, 0.25) is 0 Å². The van der Waals surface area contributed by atoms with Crippen molar-refractivity contribution in [3.63, 3.8) is 0 Å². The number of rotatable bonds is 7. The normalized spacial score (nSPS) is 26.7. The molecule has 2 N–H and O–H groups in total. The largest absolute Gasteiger partial charge is 0.467 e. The van der Waals surface area contributed by atoms with Crippen molar-refractivity contribution in [3.8, 4) is 0 Å². The number of furan rings is 1. The highest BCUT2D eigenvalue weighted by Gasteiger charge is 2.38. The van der Waals surface area contributed by atoms with Crippen LogP contribution in [0.5, 0.6) is 0 Å². The first kappa shape index (κ1) is 15.5. The zero-order valence-corrected chi connectivity index (χ0v) is 12.4. The van der Waals surface area contributed by atoms with Gasteiger partial charge in [0.1, 0.15) is 12.4 Å². The van der Waals surface area contributed by atoms with Crippen LogP contribution in [0.2, 0.25) is 0 Å². The van der Waals surface area contributed by atoms with E-state index in [1.165, 1.54) is 0 Å². The van der Waals surface area contributed by atoms with Crippen molar-refractivity contribution < 1.29 is 22.7 Å². The number of sulfone groups is 1. The highest BCUT2D eigenvalue weighted by Crippen LogP contribution is 2.22. The summed E-state index contributed by atoms with van der Waals surface area (Å²) in [7, 11) is -2.94. The zero-order chi connectivity index (χ0) is 14.6. The van der Waals surface area contributed by atoms with Gasteiger partial charge in [0, 0.05) is 12.1 Å². The van der Waals surface area contributed by atoms with Crippen LogP contribution >= 0.6 is 0 Å². The molecule has 2 rings (SSSR count). The molecule has 0 aromatic carbocycles. The average Bonchev–Trinajstić information content (AvgIpc) is 2.96. The minimum Gasteiger partial charge on any atom is -0.467 e. The van der Waals surface area contributed by atoms with Crippen molar-refractivity contribution in [1.82, 2.24) is 5.32 Å². The lowest BCUT2D eigenvalue weighted by molar-refractivity contribution is 0.0199. The minimum absolute atomic E-state index is 0.125. The molecule has 2 atom stereocenters. The average molecular weight is 303 g/mol. The first-order valence-electron chi connectivity index (χ1n) is 6.62. The van der Waals surface area contributed by atoms with Crippen molar-refractivity contribution in [2.75, 3.05) is 24.7 Å². The molecule has 0 saturated carbocycles. The molecule has 0 spiro atoms. The number of nitrogens with one attached hydrogen (secondary N) is 1. The predicted molar refractivity (Wildman–Crippen MR) is 74.0 cm³/mol. The molecule has 1 saturated heterocycles. The van der Waals surface area contributed by atoms with Crippen LogP contribution in [-0.4, -0.2) is 49.8 Å². The van der Waals surface area contributed by atoms with Gasteiger partial charge in [0.25, 0.3) is 0 Å². The molecule has 6 nitrogen and oxygen atoms in total. The summed E-state index contributed by atoms with van der Waals surface area (Å²) in [5.41, 5.74) is -0.444. The lowest BCUT2D eigenvalue weighted by atomic mass is 10.0. The molecule has 0 aliphatic carbocycles. The van der Waals surface area contributed by atoms with E-state index in [9.17, 15) is 13.5 Å². The summed E-state index contributed by atoms with van der Waals surface area (Å²) in [6.45, 7) is 2.67. The molecule has 2 heterocycles. The highest BCUT2D eigenvalue weighted by atomic mass is 32.2. The van der Waals surface area contributed by atoms with Gasteiger partial charge in [-0.1, -0.05) is 0 Å². The third-order valence-corrected chi connectivity index (χ3v) is 5.31. The number of hydrogen-bond acceptors (Lipinski definition) is 6. The third-order valence-electron chi connectivity index (χ3n) is 3.40. The molecular weight excluding hydrogens is 282 g/mol. The Kier molecular flexibility index (Phi) is 4.85. The Balaban J connectivity index is 1.66. The second-order valence-corrected chi connectivity index (χ2v) is 7.72. The Morgan fingerprint density at radius 3 is 3.00 bits per heavy atom. The summed E-state index contributed by atoms with van der Waals surface area (Å²) in [5.74, 6) is 1.04. The summed E-state index contributed by atoms with van der Waals surface area (Å²) in [6.07, 6.45) is 1.47. The Labute approximate surface area is 119 Å². The van der Waals surface area contributed by atoms with Gasteiger partial charge >= 0.3 is 0 Å². The summed E-state index contributed by atoms with van der Waals surface area (Å²) in [6, 6.07) is 3.58. The van der Waals surface area contributed by atoms with E-state index >= 15 is 0 Å². The molecule has 2 unspecified atom stereocenters. The Morgan fingerprint density at radius 2 is 2.40 bits per heavy atom. The van der Waals surface area contributed by atoms with E-state index in [1.807, 2.05) is 6.92 Å². The maximum atomic E-state index is 11.5. The Morgan fingerprint density at radius 1 is 1.60 bits per heavy atom. The van der Waals surface area contributed by atoms with Crippen molar-refractivity contribution in [2.24, 2.45) is 0 Å². The second-order valence-electron chi connectivity index (χ2n) is 5.53. The summed E-state index contributed by atoms with van der Waals surface area (Å²) in [5, 5.41) is 12.9. The van der Waals surface area contributed by atoms with Gasteiger partial charge < -0.3 is 19.6 Å². The number of β-amino-alcohol motifs (C(OH)–C–C–N with tert-alkyl or cyclic N) is 1. The predicted octanol–water partition coefficient (Wildman–Crippen LogP) is 0.324. The molecule has 1 aliphatic rings. The van der Waals surface area contributed by atoms with Gasteiger partial charge in [-0.2, -0.15) is 0 Å². The summed E-state index contributed by atoms with van der Waals surface area (Å²) < 4.78 is 33.3. The van der Waals surface area contributed by atoms with E-state index in [1.54, 1.807) is 18.4 Å². The van der Waals surface area contributed by atoms with Crippen molar-refractivity contribution in [1.29, 1.82) is 0 Å². The smallest absolute Gasteiger partial charge is 0.152 e.